The minimum absolute atomic E-state index is 0.00326. The average molecular weight is 217 g/mol. The Balaban J connectivity index is 1.79. The summed E-state index contributed by atoms with van der Waals surface area (Å²) < 4.78 is 0. The van der Waals surface area contributed by atoms with Gasteiger partial charge in [-0.3, -0.25) is 0 Å². The maximum Gasteiger partial charge on any atom is 0.115 e. The third kappa shape index (κ3) is 1.61. The highest BCUT2D eigenvalue weighted by molar-refractivity contribution is 5.29. The highest BCUT2D eigenvalue weighted by atomic mass is 16.3. The van der Waals surface area contributed by atoms with Gasteiger partial charge < -0.3 is 10.8 Å². The lowest BCUT2D eigenvalue weighted by Crippen LogP contribution is -2.46. The van der Waals surface area contributed by atoms with E-state index in [4.69, 9.17) is 5.73 Å². The number of rotatable bonds is 2. The van der Waals surface area contributed by atoms with Crippen molar-refractivity contribution in [1.82, 2.24) is 0 Å². The molecule has 0 saturated heterocycles. The number of phenols is 1. The summed E-state index contributed by atoms with van der Waals surface area (Å²) in [7, 11) is 0. The van der Waals surface area contributed by atoms with Crippen molar-refractivity contribution < 1.29 is 5.11 Å². The van der Waals surface area contributed by atoms with Gasteiger partial charge in [-0.25, -0.2) is 0 Å². The maximum absolute atomic E-state index is 9.46. The van der Waals surface area contributed by atoms with Crippen LogP contribution in [-0.2, 0) is 6.42 Å². The highest BCUT2D eigenvalue weighted by Crippen LogP contribution is 2.50. The molecule has 2 saturated carbocycles. The van der Waals surface area contributed by atoms with Crippen molar-refractivity contribution in [3.05, 3.63) is 29.8 Å². The normalized spacial score (nSPS) is 36.8. The van der Waals surface area contributed by atoms with E-state index in [1.807, 2.05) is 12.1 Å². The molecule has 16 heavy (non-hydrogen) atoms. The van der Waals surface area contributed by atoms with E-state index in [0.717, 1.165) is 12.3 Å². The molecule has 0 heterocycles. The smallest absolute Gasteiger partial charge is 0.115 e. The third-order valence-electron chi connectivity index (χ3n) is 4.47. The largest absolute Gasteiger partial charge is 0.508 e. The van der Waals surface area contributed by atoms with Gasteiger partial charge in [0.05, 0.1) is 0 Å². The molecular formula is C14H19NO. The molecule has 2 fully saturated rings. The summed E-state index contributed by atoms with van der Waals surface area (Å²) in [5.41, 5.74) is 7.72. The van der Waals surface area contributed by atoms with Crippen LogP contribution >= 0.6 is 0 Å². The fourth-order valence-electron chi connectivity index (χ4n) is 3.75. The SMILES string of the molecule is NC1(Cc2cccc(O)c2)CC2CCC1C2. The molecule has 3 N–H and O–H groups in total. The Hall–Kier alpha value is -1.02. The van der Waals surface area contributed by atoms with Crippen molar-refractivity contribution in [2.45, 2.75) is 37.6 Å². The Labute approximate surface area is 96.5 Å². The van der Waals surface area contributed by atoms with Gasteiger partial charge in [-0.05, 0) is 55.2 Å². The highest BCUT2D eigenvalue weighted by Gasteiger charge is 2.48. The predicted octanol–water partition coefficient (Wildman–Crippen LogP) is 2.45. The van der Waals surface area contributed by atoms with Gasteiger partial charge in [0.15, 0.2) is 0 Å². The lowest BCUT2D eigenvalue weighted by molar-refractivity contribution is 0.269. The number of phenolic OH excluding ortho intramolecular Hbond substituents is 1. The second-order valence-electron chi connectivity index (χ2n) is 5.66. The van der Waals surface area contributed by atoms with E-state index in [1.54, 1.807) is 6.07 Å². The van der Waals surface area contributed by atoms with Crippen molar-refractivity contribution in [3.63, 3.8) is 0 Å². The number of aromatic hydroxyl groups is 1. The Kier molecular flexibility index (Phi) is 2.21. The van der Waals surface area contributed by atoms with Crippen LogP contribution in [-0.4, -0.2) is 10.6 Å². The second-order valence-corrected chi connectivity index (χ2v) is 5.66. The molecule has 0 amide bonds. The lowest BCUT2D eigenvalue weighted by Gasteiger charge is -2.34. The Bertz CT molecular complexity index is 403. The summed E-state index contributed by atoms with van der Waals surface area (Å²) in [5.74, 6) is 1.93. The Morgan fingerprint density at radius 3 is 2.88 bits per heavy atom. The fraction of sp³-hybridized carbons (Fsp3) is 0.571. The van der Waals surface area contributed by atoms with E-state index in [-0.39, 0.29) is 5.54 Å². The van der Waals surface area contributed by atoms with Crippen molar-refractivity contribution >= 4 is 0 Å². The Morgan fingerprint density at radius 1 is 1.38 bits per heavy atom. The van der Waals surface area contributed by atoms with Crippen LogP contribution in [0.25, 0.3) is 0 Å². The molecule has 0 aromatic heterocycles. The summed E-state index contributed by atoms with van der Waals surface area (Å²) in [6.45, 7) is 0. The molecule has 2 aliphatic rings. The van der Waals surface area contributed by atoms with E-state index in [0.29, 0.717) is 11.7 Å². The molecule has 0 aliphatic heterocycles. The topological polar surface area (TPSA) is 46.2 Å². The third-order valence-corrected chi connectivity index (χ3v) is 4.47. The van der Waals surface area contributed by atoms with Crippen LogP contribution in [0.2, 0.25) is 0 Å². The first kappa shape index (κ1) is 10.2. The summed E-state index contributed by atoms with van der Waals surface area (Å²) in [6, 6.07) is 7.54. The monoisotopic (exact) mass is 217 g/mol. The number of hydrogen-bond donors (Lipinski definition) is 2. The van der Waals surface area contributed by atoms with Gasteiger partial charge in [-0.2, -0.15) is 0 Å². The van der Waals surface area contributed by atoms with Gasteiger partial charge >= 0.3 is 0 Å². The average Bonchev–Trinajstić information content (AvgIpc) is 2.76. The zero-order chi connectivity index (χ0) is 11.2. The zero-order valence-corrected chi connectivity index (χ0v) is 9.52. The maximum atomic E-state index is 9.46. The van der Waals surface area contributed by atoms with Crippen LogP contribution in [0.15, 0.2) is 24.3 Å². The van der Waals surface area contributed by atoms with E-state index >= 15 is 0 Å². The molecule has 3 rings (SSSR count). The second kappa shape index (κ2) is 3.49. The van der Waals surface area contributed by atoms with Crippen LogP contribution in [0.4, 0.5) is 0 Å². The number of fused-ring (bicyclic) bond motifs is 2. The molecule has 3 atom stereocenters. The van der Waals surface area contributed by atoms with Crippen LogP contribution in [0, 0.1) is 11.8 Å². The van der Waals surface area contributed by atoms with Crippen molar-refractivity contribution in [2.24, 2.45) is 17.6 Å². The fourth-order valence-corrected chi connectivity index (χ4v) is 3.75. The first-order valence-electron chi connectivity index (χ1n) is 6.22. The minimum atomic E-state index is -0.00326. The van der Waals surface area contributed by atoms with E-state index in [1.165, 1.54) is 31.2 Å². The van der Waals surface area contributed by atoms with Gasteiger partial charge in [0, 0.05) is 5.54 Å². The quantitative estimate of drug-likeness (QED) is 0.799. The van der Waals surface area contributed by atoms with E-state index < -0.39 is 0 Å². The molecular weight excluding hydrogens is 198 g/mol. The first-order valence-corrected chi connectivity index (χ1v) is 6.22. The van der Waals surface area contributed by atoms with Gasteiger partial charge in [0.1, 0.15) is 5.75 Å². The molecule has 2 bridgehead atoms. The van der Waals surface area contributed by atoms with Crippen LogP contribution in [0.1, 0.15) is 31.2 Å². The molecule has 3 unspecified atom stereocenters. The van der Waals surface area contributed by atoms with Gasteiger partial charge in [0.2, 0.25) is 0 Å². The van der Waals surface area contributed by atoms with Gasteiger partial charge in [-0.15, -0.1) is 0 Å². The first-order chi connectivity index (χ1) is 7.66. The Morgan fingerprint density at radius 2 is 2.25 bits per heavy atom. The van der Waals surface area contributed by atoms with Crippen LogP contribution in [0.5, 0.6) is 5.75 Å². The zero-order valence-electron chi connectivity index (χ0n) is 9.52. The molecule has 2 heteroatoms. The van der Waals surface area contributed by atoms with Gasteiger partial charge in [-0.1, -0.05) is 18.6 Å². The molecule has 1 aromatic rings. The standard InChI is InChI=1S/C14H19NO/c15-14(9-11-4-5-12(14)6-11)8-10-2-1-3-13(16)7-10/h1-3,7,11-12,16H,4-6,8-9,15H2. The summed E-state index contributed by atoms with van der Waals surface area (Å²) in [5, 5.41) is 9.46. The lowest BCUT2D eigenvalue weighted by atomic mass is 9.77. The molecule has 86 valence electrons. The molecule has 0 spiro atoms. The summed E-state index contributed by atoms with van der Waals surface area (Å²) in [4.78, 5) is 0. The predicted molar refractivity (Wildman–Crippen MR) is 64.2 cm³/mol. The molecule has 1 aromatic carbocycles. The van der Waals surface area contributed by atoms with E-state index in [9.17, 15) is 5.11 Å². The van der Waals surface area contributed by atoms with Crippen LogP contribution in [0.3, 0.4) is 0 Å². The minimum Gasteiger partial charge on any atom is -0.508 e. The number of hydrogen-bond acceptors (Lipinski definition) is 2. The summed E-state index contributed by atoms with van der Waals surface area (Å²) >= 11 is 0. The number of benzene rings is 1. The van der Waals surface area contributed by atoms with E-state index in [2.05, 4.69) is 6.07 Å². The van der Waals surface area contributed by atoms with Crippen molar-refractivity contribution in [1.29, 1.82) is 0 Å². The van der Waals surface area contributed by atoms with Gasteiger partial charge in [0.25, 0.3) is 0 Å². The molecule has 2 nitrogen and oxygen atoms in total. The number of nitrogens with two attached hydrogens (primary N) is 1. The summed E-state index contributed by atoms with van der Waals surface area (Å²) in [6.07, 6.45) is 6.11. The molecule has 2 aliphatic carbocycles. The van der Waals surface area contributed by atoms with Crippen molar-refractivity contribution in [2.75, 3.05) is 0 Å². The van der Waals surface area contributed by atoms with Crippen LogP contribution < -0.4 is 5.73 Å². The molecule has 0 radical (unpaired) electrons. The van der Waals surface area contributed by atoms with Crippen molar-refractivity contribution in [3.8, 4) is 5.75 Å².